The second kappa shape index (κ2) is 11.6. The van der Waals surface area contributed by atoms with Gasteiger partial charge in [0.1, 0.15) is 0 Å². The van der Waals surface area contributed by atoms with Gasteiger partial charge >= 0.3 is 0 Å². The summed E-state index contributed by atoms with van der Waals surface area (Å²) in [6.45, 7) is 0. The van der Waals surface area contributed by atoms with Gasteiger partial charge in [0.05, 0.1) is 0 Å². The van der Waals surface area contributed by atoms with Crippen molar-refractivity contribution in [3.05, 3.63) is 182 Å². The largest absolute Gasteiger partial charge is 0.135 e. The summed E-state index contributed by atoms with van der Waals surface area (Å²) in [4.78, 5) is 0. The molecule has 0 N–H and O–H groups in total. The van der Waals surface area contributed by atoms with Crippen LogP contribution in [0.5, 0.6) is 0 Å². The van der Waals surface area contributed by atoms with Crippen molar-refractivity contribution >= 4 is 106 Å². The molecule has 0 nitrogen and oxygen atoms in total. The summed E-state index contributed by atoms with van der Waals surface area (Å²) < 4.78 is 5.42. The molecular weight excluding hydrogens is 689 g/mol. The lowest BCUT2D eigenvalue weighted by Gasteiger charge is -2.19. The first-order valence-corrected chi connectivity index (χ1v) is 20.1. The molecule has 0 aliphatic heterocycles. The molecule has 10 aromatic carbocycles. The summed E-state index contributed by atoms with van der Waals surface area (Å²) in [5, 5.41) is 15.8. The van der Waals surface area contributed by atoms with E-state index in [9.17, 15) is 0 Å². The fraction of sp³-hybridized carbons (Fsp3) is 0. The number of thiophene rings is 2. The topological polar surface area (TPSA) is 0 Å². The smallest absolute Gasteiger partial charge is 0.0434 e. The zero-order chi connectivity index (χ0) is 35.3. The molecule has 2 heteroatoms. The molecule has 0 radical (unpaired) electrons. The van der Waals surface area contributed by atoms with E-state index in [1.54, 1.807) is 0 Å². The van der Waals surface area contributed by atoms with E-state index in [1.165, 1.54) is 117 Å². The van der Waals surface area contributed by atoms with Crippen molar-refractivity contribution in [2.45, 2.75) is 0 Å². The molecule has 12 rings (SSSR count). The van der Waals surface area contributed by atoms with Crippen LogP contribution in [0.4, 0.5) is 0 Å². The number of hydrogen-bond donors (Lipinski definition) is 0. The monoisotopic (exact) mass is 718 g/mol. The standard InChI is InChI=1S/C52H30S2/c1-3-16-36-31(11-1)13-10-22-38(36)49-41-20-7-5-18-39(41)48(40-19-6-8-21-42(40)49)35-15-9-14-33(29-35)34-24-25-43-47(30-34)53-45-27-28-46-51(50(43)45)44-26-23-32-12-2-4-17-37(32)52(44)54-46/h1-30H. The molecule has 0 unspecified atom stereocenters. The van der Waals surface area contributed by atoms with E-state index in [-0.39, 0.29) is 0 Å². The maximum absolute atomic E-state index is 2.41. The maximum Gasteiger partial charge on any atom is 0.0434 e. The quantitative estimate of drug-likeness (QED) is 0.160. The number of benzene rings is 10. The molecule has 54 heavy (non-hydrogen) atoms. The van der Waals surface area contributed by atoms with Crippen LogP contribution in [0.25, 0.3) is 117 Å². The summed E-state index contributed by atoms with van der Waals surface area (Å²) in [5.74, 6) is 0. The molecule has 0 saturated heterocycles. The van der Waals surface area contributed by atoms with Crippen LogP contribution in [0.3, 0.4) is 0 Å². The van der Waals surface area contributed by atoms with Crippen LogP contribution >= 0.6 is 22.7 Å². The minimum atomic E-state index is 1.23. The Bertz CT molecular complexity index is 3440. The van der Waals surface area contributed by atoms with Crippen LogP contribution in [0.1, 0.15) is 0 Å². The highest BCUT2D eigenvalue weighted by atomic mass is 32.1. The summed E-state index contributed by atoms with van der Waals surface area (Å²) in [5.41, 5.74) is 7.58. The third-order valence-electron chi connectivity index (χ3n) is 11.4. The van der Waals surface area contributed by atoms with E-state index in [0.29, 0.717) is 0 Å². The number of hydrogen-bond acceptors (Lipinski definition) is 2. The first-order valence-electron chi connectivity index (χ1n) is 18.5. The average Bonchev–Trinajstić information content (AvgIpc) is 3.81. The van der Waals surface area contributed by atoms with Crippen molar-refractivity contribution in [1.82, 2.24) is 0 Å². The number of rotatable bonds is 3. The first-order chi connectivity index (χ1) is 26.8. The number of fused-ring (bicyclic) bond motifs is 12. The van der Waals surface area contributed by atoms with Crippen molar-refractivity contribution in [1.29, 1.82) is 0 Å². The molecule has 0 fully saturated rings. The summed E-state index contributed by atoms with van der Waals surface area (Å²) in [6, 6.07) is 67.7. The predicted octanol–water partition coefficient (Wildman–Crippen LogP) is 16.0. The highest BCUT2D eigenvalue weighted by Gasteiger charge is 2.19. The zero-order valence-electron chi connectivity index (χ0n) is 29.1. The van der Waals surface area contributed by atoms with E-state index in [2.05, 4.69) is 182 Å². The molecular formula is C52H30S2. The lowest BCUT2D eigenvalue weighted by Crippen LogP contribution is -1.92. The molecule has 0 bridgehead atoms. The average molecular weight is 719 g/mol. The normalized spacial score (nSPS) is 12.1. The molecule has 0 aliphatic rings. The molecule has 2 heterocycles. The fourth-order valence-corrected chi connectivity index (χ4v) is 11.5. The van der Waals surface area contributed by atoms with Crippen LogP contribution in [0, 0.1) is 0 Å². The Labute approximate surface area is 319 Å². The van der Waals surface area contributed by atoms with Crippen molar-refractivity contribution in [2.75, 3.05) is 0 Å². The molecule has 250 valence electrons. The van der Waals surface area contributed by atoms with Gasteiger partial charge in [0.2, 0.25) is 0 Å². The van der Waals surface area contributed by atoms with E-state index >= 15 is 0 Å². The van der Waals surface area contributed by atoms with E-state index in [0.717, 1.165) is 0 Å². The van der Waals surface area contributed by atoms with Crippen LogP contribution in [0.15, 0.2) is 182 Å². The fourth-order valence-electron chi connectivity index (χ4n) is 9.07. The van der Waals surface area contributed by atoms with Gasteiger partial charge in [-0.15, -0.1) is 22.7 Å². The van der Waals surface area contributed by atoms with Gasteiger partial charge in [-0.05, 0) is 101 Å². The predicted molar refractivity (Wildman–Crippen MR) is 239 cm³/mol. The highest BCUT2D eigenvalue weighted by Crippen LogP contribution is 2.48. The lowest BCUT2D eigenvalue weighted by molar-refractivity contribution is 1.63. The van der Waals surface area contributed by atoms with Crippen molar-refractivity contribution < 1.29 is 0 Å². The van der Waals surface area contributed by atoms with Gasteiger partial charge < -0.3 is 0 Å². The van der Waals surface area contributed by atoms with E-state index in [4.69, 9.17) is 0 Å². The summed E-state index contributed by atoms with van der Waals surface area (Å²) in [7, 11) is 0. The van der Waals surface area contributed by atoms with Crippen molar-refractivity contribution in [3.8, 4) is 33.4 Å². The third-order valence-corrected chi connectivity index (χ3v) is 13.8. The highest BCUT2D eigenvalue weighted by molar-refractivity contribution is 7.28. The Morgan fingerprint density at radius 1 is 0.278 bits per heavy atom. The molecule has 12 aromatic rings. The van der Waals surface area contributed by atoms with Gasteiger partial charge in [-0.25, -0.2) is 0 Å². The molecule has 0 aliphatic carbocycles. The lowest BCUT2D eigenvalue weighted by atomic mass is 9.84. The molecule has 2 aromatic heterocycles. The van der Waals surface area contributed by atoms with Gasteiger partial charge in [0.15, 0.2) is 0 Å². The van der Waals surface area contributed by atoms with Gasteiger partial charge in [-0.2, -0.15) is 0 Å². The minimum absolute atomic E-state index is 1.23. The first kappa shape index (κ1) is 30.2. The summed E-state index contributed by atoms with van der Waals surface area (Å²) in [6.07, 6.45) is 0. The van der Waals surface area contributed by atoms with E-state index in [1.807, 2.05) is 22.7 Å². The summed E-state index contributed by atoms with van der Waals surface area (Å²) >= 11 is 3.83. The Hall–Kier alpha value is -6.32. The zero-order valence-corrected chi connectivity index (χ0v) is 30.8. The van der Waals surface area contributed by atoms with Gasteiger partial charge in [0, 0.05) is 40.3 Å². The Morgan fingerprint density at radius 2 is 0.815 bits per heavy atom. The van der Waals surface area contributed by atoms with Crippen LogP contribution in [0.2, 0.25) is 0 Å². The van der Waals surface area contributed by atoms with Crippen molar-refractivity contribution in [3.63, 3.8) is 0 Å². The molecule has 0 spiro atoms. The second-order valence-electron chi connectivity index (χ2n) is 14.3. The minimum Gasteiger partial charge on any atom is -0.135 e. The van der Waals surface area contributed by atoms with Crippen molar-refractivity contribution in [2.24, 2.45) is 0 Å². The maximum atomic E-state index is 2.41. The van der Waals surface area contributed by atoms with Gasteiger partial charge in [-0.1, -0.05) is 158 Å². The third kappa shape index (κ3) is 4.36. The van der Waals surface area contributed by atoms with Gasteiger partial charge in [0.25, 0.3) is 0 Å². The van der Waals surface area contributed by atoms with E-state index < -0.39 is 0 Å². The van der Waals surface area contributed by atoms with Gasteiger partial charge in [-0.3, -0.25) is 0 Å². The SMILES string of the molecule is c1cc(-c2ccc3c(c2)sc2ccc4sc5c6ccccc6ccc5c4c23)cc(-c2c3ccccc3c(-c3cccc4ccccc34)c3ccccc23)c1. The second-order valence-corrected chi connectivity index (χ2v) is 16.5. The van der Waals surface area contributed by atoms with Crippen LogP contribution in [-0.2, 0) is 0 Å². The Kier molecular flexibility index (Phi) is 6.48. The Morgan fingerprint density at radius 3 is 1.57 bits per heavy atom. The van der Waals surface area contributed by atoms with Crippen LogP contribution in [-0.4, -0.2) is 0 Å². The molecule has 0 saturated carbocycles. The molecule has 0 atom stereocenters. The van der Waals surface area contributed by atoms with Crippen LogP contribution < -0.4 is 0 Å². The Balaban J connectivity index is 1.05. The molecule has 0 amide bonds.